The van der Waals surface area contributed by atoms with Gasteiger partial charge >= 0.3 is 12.8 Å². The standard InChI is InChI=1S/C19H13F5N4O/c20-17(21)29-14-7-3-11(4-8-14)15-9-16(28-18(27-15)25-10-26-28)12-1-5-13(6-2-12)19(22,23)24/h1-10,16-17H,(H,25,26,27)/t16-/m0/s1. The molecule has 0 spiro atoms. The molecule has 1 aliphatic heterocycles. The molecule has 2 heterocycles. The number of anilines is 1. The number of ether oxygens (including phenoxy) is 1. The maximum absolute atomic E-state index is 12.8. The van der Waals surface area contributed by atoms with E-state index in [1.807, 2.05) is 0 Å². The molecule has 1 N–H and O–H groups in total. The van der Waals surface area contributed by atoms with E-state index in [9.17, 15) is 22.0 Å². The Morgan fingerprint density at radius 2 is 1.69 bits per heavy atom. The normalized spacial score (nSPS) is 16.2. The molecular formula is C19H13F5N4O. The summed E-state index contributed by atoms with van der Waals surface area (Å²) in [6.45, 7) is -2.92. The third-order valence-electron chi connectivity index (χ3n) is 4.38. The third-order valence-corrected chi connectivity index (χ3v) is 4.38. The number of alkyl halides is 5. The van der Waals surface area contributed by atoms with Crippen LogP contribution in [0.1, 0.15) is 22.7 Å². The molecule has 0 saturated carbocycles. The lowest BCUT2D eigenvalue weighted by Crippen LogP contribution is -2.20. The van der Waals surface area contributed by atoms with Crippen molar-refractivity contribution in [1.82, 2.24) is 14.8 Å². The maximum atomic E-state index is 12.8. The molecule has 0 radical (unpaired) electrons. The minimum Gasteiger partial charge on any atom is -0.435 e. The van der Waals surface area contributed by atoms with Crippen molar-refractivity contribution < 1.29 is 26.7 Å². The first kappa shape index (κ1) is 18.9. The van der Waals surface area contributed by atoms with E-state index >= 15 is 0 Å². The Hall–Kier alpha value is -3.43. The van der Waals surface area contributed by atoms with Crippen LogP contribution in [0.4, 0.5) is 27.9 Å². The van der Waals surface area contributed by atoms with E-state index < -0.39 is 24.4 Å². The summed E-state index contributed by atoms with van der Waals surface area (Å²) in [5.41, 5.74) is 1.12. The van der Waals surface area contributed by atoms with Gasteiger partial charge < -0.3 is 10.1 Å². The molecule has 29 heavy (non-hydrogen) atoms. The van der Waals surface area contributed by atoms with Crippen LogP contribution in [0, 0.1) is 0 Å². The molecule has 1 aliphatic rings. The van der Waals surface area contributed by atoms with Crippen molar-refractivity contribution in [2.45, 2.75) is 18.8 Å². The molecule has 3 aromatic rings. The van der Waals surface area contributed by atoms with Gasteiger partial charge in [0.25, 0.3) is 0 Å². The molecule has 150 valence electrons. The van der Waals surface area contributed by atoms with Gasteiger partial charge in [0.15, 0.2) is 0 Å². The molecule has 0 fully saturated rings. The van der Waals surface area contributed by atoms with Crippen molar-refractivity contribution in [3.05, 3.63) is 77.6 Å². The summed E-state index contributed by atoms with van der Waals surface area (Å²) in [5, 5.41) is 7.20. The zero-order valence-corrected chi connectivity index (χ0v) is 14.6. The maximum Gasteiger partial charge on any atom is 0.416 e. The zero-order valence-electron chi connectivity index (χ0n) is 14.6. The number of hydrogen-bond acceptors (Lipinski definition) is 4. The number of benzene rings is 2. The first-order valence-electron chi connectivity index (χ1n) is 8.42. The van der Waals surface area contributed by atoms with Gasteiger partial charge in [-0.15, -0.1) is 0 Å². The molecule has 2 aromatic carbocycles. The summed E-state index contributed by atoms with van der Waals surface area (Å²) in [4.78, 5) is 4.12. The Morgan fingerprint density at radius 1 is 1.00 bits per heavy atom. The highest BCUT2D eigenvalue weighted by Crippen LogP contribution is 2.34. The average molecular weight is 408 g/mol. The van der Waals surface area contributed by atoms with Crippen molar-refractivity contribution >= 4 is 11.6 Å². The number of fused-ring (bicyclic) bond motifs is 1. The number of rotatable bonds is 4. The molecule has 1 aromatic heterocycles. The van der Waals surface area contributed by atoms with Gasteiger partial charge in [-0.2, -0.15) is 32.0 Å². The monoisotopic (exact) mass is 408 g/mol. The van der Waals surface area contributed by atoms with E-state index in [1.165, 1.54) is 30.6 Å². The van der Waals surface area contributed by atoms with Crippen molar-refractivity contribution in [2.24, 2.45) is 0 Å². The first-order chi connectivity index (χ1) is 13.8. The average Bonchev–Trinajstić information content (AvgIpc) is 3.15. The van der Waals surface area contributed by atoms with Crippen LogP contribution in [0.2, 0.25) is 0 Å². The fraction of sp³-hybridized carbons (Fsp3) is 0.158. The number of hydrogen-bond donors (Lipinski definition) is 1. The zero-order chi connectivity index (χ0) is 20.6. The topological polar surface area (TPSA) is 52.0 Å². The number of aromatic nitrogens is 3. The van der Waals surface area contributed by atoms with E-state index in [0.717, 1.165) is 12.1 Å². The quantitative estimate of drug-likeness (QED) is 0.621. The van der Waals surface area contributed by atoms with Crippen molar-refractivity contribution in [3.8, 4) is 5.75 Å². The molecule has 5 nitrogen and oxygen atoms in total. The predicted octanol–water partition coefficient (Wildman–Crippen LogP) is 4.95. The molecule has 0 unspecified atom stereocenters. The smallest absolute Gasteiger partial charge is 0.416 e. The van der Waals surface area contributed by atoms with Crippen LogP contribution in [-0.2, 0) is 6.18 Å². The molecule has 0 saturated heterocycles. The fourth-order valence-corrected chi connectivity index (χ4v) is 3.02. The summed E-state index contributed by atoms with van der Waals surface area (Å²) in [7, 11) is 0. The van der Waals surface area contributed by atoms with Crippen LogP contribution >= 0.6 is 0 Å². The Kier molecular flexibility index (Phi) is 4.69. The summed E-state index contributed by atoms with van der Waals surface area (Å²) >= 11 is 0. The van der Waals surface area contributed by atoms with Crippen LogP contribution in [0.5, 0.6) is 5.75 Å². The Labute approximate surface area is 161 Å². The molecule has 0 aliphatic carbocycles. The third kappa shape index (κ3) is 3.91. The highest BCUT2D eigenvalue weighted by molar-refractivity contribution is 5.77. The number of nitrogens with one attached hydrogen (secondary N) is 1. The van der Waals surface area contributed by atoms with Gasteiger partial charge in [0, 0.05) is 5.70 Å². The van der Waals surface area contributed by atoms with Gasteiger partial charge in [0.2, 0.25) is 5.95 Å². The molecule has 1 atom stereocenters. The summed E-state index contributed by atoms with van der Waals surface area (Å²) in [5.74, 6) is 0.419. The molecule has 0 amide bonds. The number of halogens is 5. The lowest BCUT2D eigenvalue weighted by molar-refractivity contribution is -0.137. The van der Waals surface area contributed by atoms with Crippen LogP contribution < -0.4 is 10.1 Å². The minimum atomic E-state index is -4.42. The Morgan fingerprint density at radius 3 is 2.31 bits per heavy atom. The summed E-state index contributed by atoms with van der Waals surface area (Å²) in [6.07, 6.45) is -1.32. The van der Waals surface area contributed by atoms with E-state index in [4.69, 9.17) is 0 Å². The molecule has 10 heteroatoms. The van der Waals surface area contributed by atoms with Gasteiger partial charge in [-0.25, -0.2) is 4.68 Å². The molecule has 4 rings (SSSR count). The van der Waals surface area contributed by atoms with Crippen molar-refractivity contribution in [3.63, 3.8) is 0 Å². The van der Waals surface area contributed by atoms with E-state index in [2.05, 4.69) is 20.1 Å². The lowest BCUT2D eigenvalue weighted by atomic mass is 10.0. The highest BCUT2D eigenvalue weighted by atomic mass is 19.4. The van der Waals surface area contributed by atoms with E-state index in [0.29, 0.717) is 22.8 Å². The second-order valence-corrected chi connectivity index (χ2v) is 6.20. The van der Waals surface area contributed by atoms with Crippen LogP contribution in [0.25, 0.3) is 5.70 Å². The van der Waals surface area contributed by atoms with Gasteiger partial charge in [-0.3, -0.25) is 0 Å². The lowest BCUT2D eigenvalue weighted by Gasteiger charge is -2.24. The van der Waals surface area contributed by atoms with Gasteiger partial charge in [-0.05, 0) is 53.6 Å². The van der Waals surface area contributed by atoms with Crippen molar-refractivity contribution in [2.75, 3.05) is 5.32 Å². The van der Waals surface area contributed by atoms with Gasteiger partial charge in [0.1, 0.15) is 18.1 Å². The Balaban J connectivity index is 1.67. The van der Waals surface area contributed by atoms with Crippen LogP contribution in [0.15, 0.2) is 60.9 Å². The second kappa shape index (κ2) is 7.19. The van der Waals surface area contributed by atoms with Gasteiger partial charge in [0.05, 0.1) is 5.56 Å². The number of allylic oxidation sites excluding steroid dienone is 1. The highest BCUT2D eigenvalue weighted by Gasteiger charge is 2.31. The van der Waals surface area contributed by atoms with Crippen molar-refractivity contribution in [1.29, 1.82) is 0 Å². The summed E-state index contributed by atoms with van der Waals surface area (Å²) in [6, 6.07) is 10.3. The first-order valence-corrected chi connectivity index (χ1v) is 8.42. The van der Waals surface area contributed by atoms with Crippen LogP contribution in [-0.4, -0.2) is 21.4 Å². The SMILES string of the molecule is FC(F)Oc1ccc(C2=C[C@@H](c3ccc(C(F)(F)F)cc3)n3ncnc3N2)cc1. The second-order valence-electron chi connectivity index (χ2n) is 6.20. The number of nitrogens with zero attached hydrogens (tertiary/aromatic N) is 3. The van der Waals surface area contributed by atoms with E-state index in [-0.39, 0.29) is 5.75 Å². The van der Waals surface area contributed by atoms with Gasteiger partial charge in [-0.1, -0.05) is 12.1 Å². The summed E-state index contributed by atoms with van der Waals surface area (Å²) < 4.78 is 69.0. The largest absolute Gasteiger partial charge is 0.435 e. The predicted molar refractivity (Wildman–Crippen MR) is 94.3 cm³/mol. The fourth-order valence-electron chi connectivity index (χ4n) is 3.02. The minimum absolute atomic E-state index is 0.0163. The Bertz CT molecular complexity index is 1030. The van der Waals surface area contributed by atoms with E-state index in [1.54, 1.807) is 22.9 Å². The van der Waals surface area contributed by atoms with Crippen LogP contribution in [0.3, 0.4) is 0 Å². The molecule has 0 bridgehead atoms. The molecular weight excluding hydrogens is 395 g/mol.